The molecule has 0 unspecified atom stereocenters. The fraction of sp³-hybridized carbons (Fsp3) is 0.533. The number of nitrogens with one attached hydrogen (secondary N) is 1. The van der Waals surface area contributed by atoms with Crippen molar-refractivity contribution in [3.63, 3.8) is 0 Å². The van der Waals surface area contributed by atoms with Gasteiger partial charge in [0.05, 0.1) is 27.9 Å². The summed E-state index contributed by atoms with van der Waals surface area (Å²) in [6.07, 6.45) is 0.781. The zero-order valence-corrected chi connectivity index (χ0v) is 15.8. The highest BCUT2D eigenvalue weighted by molar-refractivity contribution is 14.0. The molecule has 22 heavy (non-hydrogen) atoms. The number of rotatable bonds is 6. The van der Waals surface area contributed by atoms with Crippen molar-refractivity contribution in [2.75, 3.05) is 48.0 Å². The van der Waals surface area contributed by atoms with Crippen LogP contribution < -0.4 is 19.5 Å². The molecular formula is C15H24IN3O3. The number of aliphatic imine (C=N–C) groups is 1. The van der Waals surface area contributed by atoms with Crippen molar-refractivity contribution < 1.29 is 14.2 Å². The second-order valence-corrected chi connectivity index (χ2v) is 4.81. The lowest BCUT2D eigenvalue weighted by Crippen LogP contribution is -2.36. The highest BCUT2D eigenvalue weighted by Crippen LogP contribution is 2.34. The van der Waals surface area contributed by atoms with Crippen LogP contribution in [0.3, 0.4) is 0 Å². The Kier molecular flexibility index (Phi) is 7.57. The van der Waals surface area contributed by atoms with Gasteiger partial charge in [0.25, 0.3) is 0 Å². The SMILES string of the molecule is COc1cc(OC)c(CCNC2=NCCN2C)c(OC)c1.I. The first-order valence-corrected chi connectivity index (χ1v) is 6.98. The van der Waals surface area contributed by atoms with Crippen molar-refractivity contribution in [3.8, 4) is 17.2 Å². The Morgan fingerprint density at radius 2 is 1.77 bits per heavy atom. The molecule has 1 aliphatic heterocycles. The molecule has 0 aromatic heterocycles. The maximum absolute atomic E-state index is 5.45. The van der Waals surface area contributed by atoms with Gasteiger partial charge < -0.3 is 24.4 Å². The minimum atomic E-state index is 0. The van der Waals surface area contributed by atoms with E-state index in [4.69, 9.17) is 14.2 Å². The third-order valence-corrected chi connectivity index (χ3v) is 3.53. The molecule has 0 aliphatic carbocycles. The summed E-state index contributed by atoms with van der Waals surface area (Å²) in [4.78, 5) is 6.52. The molecule has 0 bridgehead atoms. The van der Waals surface area contributed by atoms with Crippen molar-refractivity contribution in [2.24, 2.45) is 4.99 Å². The third kappa shape index (κ3) is 4.31. The molecule has 1 aromatic carbocycles. The molecule has 0 amide bonds. The van der Waals surface area contributed by atoms with Crippen LogP contribution in [-0.4, -0.2) is 58.9 Å². The van der Waals surface area contributed by atoms with Gasteiger partial charge in [-0.3, -0.25) is 4.99 Å². The van der Waals surface area contributed by atoms with Gasteiger partial charge in [-0.1, -0.05) is 0 Å². The van der Waals surface area contributed by atoms with E-state index < -0.39 is 0 Å². The van der Waals surface area contributed by atoms with E-state index in [2.05, 4.69) is 15.2 Å². The Morgan fingerprint density at radius 3 is 2.23 bits per heavy atom. The van der Waals surface area contributed by atoms with Gasteiger partial charge in [0.2, 0.25) is 0 Å². The van der Waals surface area contributed by atoms with Crippen LogP contribution in [0.4, 0.5) is 0 Å². The molecule has 0 spiro atoms. The van der Waals surface area contributed by atoms with Crippen molar-refractivity contribution >= 4 is 29.9 Å². The topological polar surface area (TPSA) is 55.3 Å². The van der Waals surface area contributed by atoms with Gasteiger partial charge in [-0.05, 0) is 6.42 Å². The normalized spacial score (nSPS) is 13.3. The molecule has 0 fully saturated rings. The summed E-state index contributed by atoms with van der Waals surface area (Å²) in [5.74, 6) is 3.21. The molecule has 1 heterocycles. The van der Waals surface area contributed by atoms with Gasteiger partial charge in [-0.15, -0.1) is 24.0 Å². The average molecular weight is 421 g/mol. The van der Waals surface area contributed by atoms with E-state index in [-0.39, 0.29) is 24.0 Å². The summed E-state index contributed by atoms with van der Waals surface area (Å²) >= 11 is 0. The van der Waals surface area contributed by atoms with Crippen molar-refractivity contribution in [2.45, 2.75) is 6.42 Å². The van der Waals surface area contributed by atoms with Crippen LogP contribution in [0.5, 0.6) is 17.2 Å². The number of ether oxygens (including phenoxy) is 3. The largest absolute Gasteiger partial charge is 0.496 e. The fourth-order valence-corrected chi connectivity index (χ4v) is 2.35. The lowest BCUT2D eigenvalue weighted by atomic mass is 10.1. The van der Waals surface area contributed by atoms with Crippen LogP contribution in [0.2, 0.25) is 0 Å². The Balaban J connectivity index is 0.00000242. The Labute approximate surface area is 148 Å². The van der Waals surface area contributed by atoms with E-state index in [1.165, 1.54) is 0 Å². The summed E-state index contributed by atoms with van der Waals surface area (Å²) in [5, 5.41) is 3.34. The Morgan fingerprint density at radius 1 is 1.14 bits per heavy atom. The number of nitrogens with zero attached hydrogens (tertiary/aromatic N) is 2. The zero-order valence-electron chi connectivity index (χ0n) is 13.5. The summed E-state index contributed by atoms with van der Waals surface area (Å²) in [5.41, 5.74) is 1.02. The van der Waals surface area contributed by atoms with Crippen molar-refractivity contribution in [3.05, 3.63) is 17.7 Å². The Hall–Kier alpha value is -1.38. The average Bonchev–Trinajstić information content (AvgIpc) is 2.92. The van der Waals surface area contributed by atoms with Crippen LogP contribution in [0.25, 0.3) is 0 Å². The first-order chi connectivity index (χ1) is 10.2. The summed E-state index contributed by atoms with van der Waals surface area (Å²) in [6, 6.07) is 3.74. The van der Waals surface area contributed by atoms with Crippen LogP contribution >= 0.6 is 24.0 Å². The van der Waals surface area contributed by atoms with Crippen LogP contribution in [0.15, 0.2) is 17.1 Å². The molecule has 0 atom stereocenters. The van der Waals surface area contributed by atoms with Crippen LogP contribution in [0.1, 0.15) is 5.56 Å². The molecule has 124 valence electrons. The van der Waals surface area contributed by atoms with E-state index in [0.717, 1.165) is 54.8 Å². The molecule has 2 rings (SSSR count). The van der Waals surface area contributed by atoms with E-state index in [1.807, 2.05) is 19.2 Å². The second-order valence-electron chi connectivity index (χ2n) is 4.81. The summed E-state index contributed by atoms with van der Waals surface area (Å²) < 4.78 is 16.1. The number of halogens is 1. The zero-order chi connectivity index (χ0) is 15.2. The number of guanidine groups is 1. The molecule has 0 radical (unpaired) electrons. The first-order valence-electron chi connectivity index (χ1n) is 6.98. The molecule has 6 nitrogen and oxygen atoms in total. The molecule has 0 saturated heterocycles. The highest BCUT2D eigenvalue weighted by Gasteiger charge is 2.15. The maximum atomic E-state index is 5.45. The van der Waals surface area contributed by atoms with E-state index in [0.29, 0.717) is 0 Å². The van der Waals surface area contributed by atoms with Gasteiger partial charge in [0.1, 0.15) is 17.2 Å². The minimum Gasteiger partial charge on any atom is -0.496 e. The van der Waals surface area contributed by atoms with Crippen molar-refractivity contribution in [1.82, 2.24) is 10.2 Å². The number of benzene rings is 1. The lowest BCUT2D eigenvalue weighted by molar-refractivity contribution is 0.368. The quantitative estimate of drug-likeness (QED) is 0.710. The van der Waals surface area contributed by atoms with E-state index in [9.17, 15) is 0 Å². The summed E-state index contributed by atoms with van der Waals surface area (Å²) in [7, 11) is 6.97. The smallest absolute Gasteiger partial charge is 0.193 e. The number of hydrogen-bond donors (Lipinski definition) is 1. The van der Waals surface area contributed by atoms with Crippen LogP contribution in [0, 0.1) is 0 Å². The Bertz CT molecular complexity index is 498. The minimum absolute atomic E-state index is 0. The third-order valence-electron chi connectivity index (χ3n) is 3.53. The first kappa shape index (κ1) is 18.7. The maximum Gasteiger partial charge on any atom is 0.193 e. The van der Waals surface area contributed by atoms with Gasteiger partial charge >= 0.3 is 0 Å². The second kappa shape index (κ2) is 8.92. The number of likely N-dealkylation sites (N-methyl/N-ethyl adjacent to an activating group) is 1. The lowest BCUT2D eigenvalue weighted by Gasteiger charge is -2.17. The summed E-state index contributed by atoms with van der Waals surface area (Å²) in [6.45, 7) is 2.59. The molecule has 1 N–H and O–H groups in total. The number of methoxy groups -OCH3 is 3. The predicted octanol–water partition coefficient (Wildman–Crippen LogP) is 1.76. The number of hydrogen-bond acceptors (Lipinski definition) is 6. The standard InChI is InChI=1S/C15H23N3O3.HI/c1-18-8-7-17-15(18)16-6-5-12-13(20-3)9-11(19-2)10-14(12)21-4;/h9-10H,5-8H2,1-4H3,(H,16,17);1H. The van der Waals surface area contributed by atoms with Gasteiger partial charge in [-0.2, -0.15) is 0 Å². The van der Waals surface area contributed by atoms with E-state index in [1.54, 1.807) is 21.3 Å². The highest BCUT2D eigenvalue weighted by atomic mass is 127. The molecular weight excluding hydrogens is 397 g/mol. The monoisotopic (exact) mass is 421 g/mol. The molecule has 1 aliphatic rings. The van der Waals surface area contributed by atoms with Crippen molar-refractivity contribution in [1.29, 1.82) is 0 Å². The van der Waals surface area contributed by atoms with Gasteiger partial charge in [0.15, 0.2) is 5.96 Å². The molecule has 7 heteroatoms. The van der Waals surface area contributed by atoms with Gasteiger partial charge in [0, 0.05) is 37.8 Å². The molecule has 0 saturated carbocycles. The predicted molar refractivity (Wildman–Crippen MR) is 98.2 cm³/mol. The van der Waals surface area contributed by atoms with E-state index >= 15 is 0 Å². The van der Waals surface area contributed by atoms with Gasteiger partial charge in [-0.25, -0.2) is 0 Å². The fourth-order valence-electron chi connectivity index (χ4n) is 2.35. The van der Waals surface area contributed by atoms with Crippen LogP contribution in [-0.2, 0) is 6.42 Å². The molecule has 1 aromatic rings.